The molecule has 0 aliphatic rings. The maximum atomic E-state index is 11.7. The first-order valence-corrected chi connectivity index (χ1v) is 5.77. The van der Waals surface area contributed by atoms with E-state index in [0.717, 1.165) is 17.1 Å². The molecule has 2 heterocycles. The molecule has 0 atom stereocenters. The highest BCUT2D eigenvalue weighted by Gasteiger charge is 2.06. The summed E-state index contributed by atoms with van der Waals surface area (Å²) in [6.45, 7) is 3.66. The quantitative estimate of drug-likeness (QED) is 0.897. The number of hydrogen-bond acceptors (Lipinski definition) is 4. The van der Waals surface area contributed by atoms with Crippen LogP contribution >= 0.6 is 0 Å². The Bertz CT molecular complexity index is 549. The monoisotopic (exact) mass is 245 g/mol. The molecule has 0 aromatic carbocycles. The zero-order chi connectivity index (χ0) is 13.0. The summed E-state index contributed by atoms with van der Waals surface area (Å²) in [6.07, 6.45) is 4.21. The van der Waals surface area contributed by atoms with Gasteiger partial charge in [0.05, 0.1) is 5.69 Å². The van der Waals surface area contributed by atoms with Crippen LogP contribution in [0, 0.1) is 13.8 Å². The van der Waals surface area contributed by atoms with E-state index < -0.39 is 0 Å². The molecule has 2 rings (SSSR count). The Hall–Kier alpha value is -2.17. The van der Waals surface area contributed by atoms with Gasteiger partial charge in [-0.05, 0) is 19.1 Å². The molecule has 2 aromatic rings. The first-order chi connectivity index (χ1) is 8.63. The Morgan fingerprint density at radius 2 is 2.28 bits per heavy atom. The van der Waals surface area contributed by atoms with E-state index in [1.165, 1.54) is 0 Å². The Kier molecular flexibility index (Phi) is 3.72. The van der Waals surface area contributed by atoms with Crippen molar-refractivity contribution in [2.75, 3.05) is 5.32 Å². The average molecular weight is 245 g/mol. The molecule has 1 N–H and O–H groups in total. The number of hydrogen-bond donors (Lipinski definition) is 1. The van der Waals surface area contributed by atoms with Crippen LogP contribution in [0.4, 0.5) is 5.69 Å². The summed E-state index contributed by atoms with van der Waals surface area (Å²) in [5, 5.41) is 2.82. The summed E-state index contributed by atoms with van der Waals surface area (Å²) >= 11 is 0. The van der Waals surface area contributed by atoms with Crippen molar-refractivity contribution in [2.45, 2.75) is 26.7 Å². The standard InChI is InChI=1S/C13H15N3O2/c1-9-7-11(5-6-14-9)16-13(17)4-3-12-8-18-10(2)15-12/h5-8H,3-4H2,1-2H3,(H,14,16,17). The molecule has 5 nitrogen and oxygen atoms in total. The van der Waals surface area contributed by atoms with Crippen LogP contribution in [-0.2, 0) is 11.2 Å². The van der Waals surface area contributed by atoms with Crippen molar-refractivity contribution in [3.8, 4) is 0 Å². The van der Waals surface area contributed by atoms with Gasteiger partial charge in [0, 0.05) is 37.3 Å². The lowest BCUT2D eigenvalue weighted by atomic mass is 10.2. The molecule has 18 heavy (non-hydrogen) atoms. The summed E-state index contributed by atoms with van der Waals surface area (Å²) in [6, 6.07) is 3.60. The normalized spacial score (nSPS) is 10.3. The van der Waals surface area contributed by atoms with Crippen molar-refractivity contribution in [1.82, 2.24) is 9.97 Å². The number of carbonyl (C=O) groups is 1. The average Bonchev–Trinajstić information content (AvgIpc) is 2.73. The number of rotatable bonds is 4. The fourth-order valence-electron chi connectivity index (χ4n) is 1.61. The fourth-order valence-corrected chi connectivity index (χ4v) is 1.61. The van der Waals surface area contributed by atoms with Gasteiger partial charge >= 0.3 is 0 Å². The number of nitrogens with one attached hydrogen (secondary N) is 1. The minimum absolute atomic E-state index is 0.0405. The molecule has 0 aliphatic heterocycles. The number of aryl methyl sites for hydroxylation is 3. The van der Waals surface area contributed by atoms with Gasteiger partial charge in [0.2, 0.25) is 5.91 Å². The molecule has 0 aliphatic carbocycles. The number of aromatic nitrogens is 2. The lowest BCUT2D eigenvalue weighted by Gasteiger charge is -2.04. The van der Waals surface area contributed by atoms with Crippen LogP contribution in [0.3, 0.4) is 0 Å². The van der Waals surface area contributed by atoms with Crippen LogP contribution in [0.15, 0.2) is 29.0 Å². The van der Waals surface area contributed by atoms with Crippen molar-refractivity contribution in [2.24, 2.45) is 0 Å². The van der Waals surface area contributed by atoms with Gasteiger partial charge in [-0.25, -0.2) is 4.98 Å². The minimum Gasteiger partial charge on any atom is -0.449 e. The molecule has 0 saturated heterocycles. The van der Waals surface area contributed by atoms with E-state index in [9.17, 15) is 4.79 Å². The second-order valence-electron chi connectivity index (χ2n) is 4.09. The SMILES string of the molecule is Cc1cc(NC(=O)CCc2coc(C)n2)ccn1. The highest BCUT2D eigenvalue weighted by molar-refractivity contribution is 5.90. The summed E-state index contributed by atoms with van der Waals surface area (Å²) < 4.78 is 5.08. The van der Waals surface area contributed by atoms with E-state index in [2.05, 4.69) is 15.3 Å². The zero-order valence-corrected chi connectivity index (χ0v) is 10.4. The molecule has 0 spiro atoms. The topological polar surface area (TPSA) is 68.0 Å². The second-order valence-corrected chi connectivity index (χ2v) is 4.09. The first kappa shape index (κ1) is 12.3. The molecule has 0 radical (unpaired) electrons. The number of nitrogens with zero attached hydrogens (tertiary/aromatic N) is 2. The van der Waals surface area contributed by atoms with Gasteiger partial charge in [0.15, 0.2) is 5.89 Å². The van der Waals surface area contributed by atoms with Crippen molar-refractivity contribution < 1.29 is 9.21 Å². The van der Waals surface area contributed by atoms with Crippen molar-refractivity contribution in [3.05, 3.63) is 41.9 Å². The number of carbonyl (C=O) groups excluding carboxylic acids is 1. The van der Waals surface area contributed by atoms with Crippen LogP contribution in [-0.4, -0.2) is 15.9 Å². The van der Waals surface area contributed by atoms with E-state index in [1.807, 2.05) is 13.0 Å². The van der Waals surface area contributed by atoms with Crippen LogP contribution in [0.5, 0.6) is 0 Å². The lowest BCUT2D eigenvalue weighted by Crippen LogP contribution is -2.12. The second kappa shape index (κ2) is 5.44. The number of amides is 1. The Labute approximate surface area is 105 Å². The number of anilines is 1. The van der Waals surface area contributed by atoms with Crippen LogP contribution < -0.4 is 5.32 Å². The van der Waals surface area contributed by atoms with E-state index in [1.54, 1.807) is 25.5 Å². The van der Waals surface area contributed by atoms with Gasteiger partial charge in [-0.15, -0.1) is 0 Å². The molecular formula is C13H15N3O2. The van der Waals surface area contributed by atoms with Crippen LogP contribution in [0.2, 0.25) is 0 Å². The molecule has 2 aromatic heterocycles. The fraction of sp³-hybridized carbons (Fsp3) is 0.308. The molecule has 0 bridgehead atoms. The van der Waals surface area contributed by atoms with Gasteiger partial charge in [0.25, 0.3) is 0 Å². The van der Waals surface area contributed by atoms with Crippen molar-refractivity contribution in [1.29, 1.82) is 0 Å². The molecule has 0 fully saturated rings. The molecule has 0 unspecified atom stereocenters. The molecular weight excluding hydrogens is 230 g/mol. The highest BCUT2D eigenvalue weighted by atomic mass is 16.3. The van der Waals surface area contributed by atoms with E-state index in [0.29, 0.717) is 18.7 Å². The largest absolute Gasteiger partial charge is 0.449 e. The summed E-state index contributed by atoms with van der Waals surface area (Å²) in [5.41, 5.74) is 2.44. The molecule has 0 saturated carbocycles. The Morgan fingerprint density at radius 3 is 2.94 bits per heavy atom. The third-order valence-corrected chi connectivity index (χ3v) is 2.46. The van der Waals surface area contributed by atoms with Gasteiger partial charge < -0.3 is 9.73 Å². The summed E-state index contributed by atoms with van der Waals surface area (Å²) in [5.74, 6) is 0.580. The Balaban J connectivity index is 1.85. The van der Waals surface area contributed by atoms with E-state index >= 15 is 0 Å². The maximum Gasteiger partial charge on any atom is 0.224 e. The third kappa shape index (κ3) is 3.41. The molecule has 1 amide bonds. The van der Waals surface area contributed by atoms with Gasteiger partial charge in [-0.1, -0.05) is 0 Å². The van der Waals surface area contributed by atoms with Crippen LogP contribution in [0.25, 0.3) is 0 Å². The first-order valence-electron chi connectivity index (χ1n) is 5.77. The van der Waals surface area contributed by atoms with E-state index in [4.69, 9.17) is 4.42 Å². The summed E-state index contributed by atoms with van der Waals surface area (Å²) in [7, 11) is 0. The number of oxazole rings is 1. The predicted octanol–water partition coefficient (Wildman–Crippen LogP) is 2.26. The maximum absolute atomic E-state index is 11.7. The van der Waals surface area contributed by atoms with Crippen molar-refractivity contribution in [3.63, 3.8) is 0 Å². The van der Waals surface area contributed by atoms with Crippen molar-refractivity contribution >= 4 is 11.6 Å². The molecule has 94 valence electrons. The van der Waals surface area contributed by atoms with Crippen LogP contribution in [0.1, 0.15) is 23.7 Å². The minimum atomic E-state index is -0.0405. The number of pyridine rings is 1. The predicted molar refractivity (Wildman–Crippen MR) is 67.2 cm³/mol. The molecule has 5 heteroatoms. The van der Waals surface area contributed by atoms with Gasteiger partial charge in [0.1, 0.15) is 6.26 Å². The Morgan fingerprint density at radius 1 is 1.44 bits per heavy atom. The summed E-state index contributed by atoms with van der Waals surface area (Å²) in [4.78, 5) is 19.9. The van der Waals surface area contributed by atoms with Gasteiger partial charge in [-0.3, -0.25) is 9.78 Å². The highest BCUT2D eigenvalue weighted by Crippen LogP contribution is 2.09. The van der Waals surface area contributed by atoms with E-state index in [-0.39, 0.29) is 5.91 Å². The zero-order valence-electron chi connectivity index (χ0n) is 10.4. The van der Waals surface area contributed by atoms with Gasteiger partial charge in [-0.2, -0.15) is 0 Å². The smallest absolute Gasteiger partial charge is 0.224 e. The lowest BCUT2D eigenvalue weighted by molar-refractivity contribution is -0.116. The third-order valence-electron chi connectivity index (χ3n) is 2.46.